The van der Waals surface area contributed by atoms with Crippen molar-refractivity contribution in [2.24, 2.45) is 0 Å². The molecule has 1 amide bonds. The number of hydrogen-bond donors (Lipinski definition) is 2. The number of amides is 1. The second-order valence-electron chi connectivity index (χ2n) is 5.91. The van der Waals surface area contributed by atoms with Gasteiger partial charge in [0.1, 0.15) is 12.4 Å². The summed E-state index contributed by atoms with van der Waals surface area (Å²) in [5.74, 6) is -0.625. The van der Waals surface area contributed by atoms with Crippen molar-refractivity contribution in [2.45, 2.75) is 18.4 Å². The Morgan fingerprint density at radius 3 is 2.82 bits per heavy atom. The third kappa shape index (κ3) is 4.74. The van der Waals surface area contributed by atoms with Crippen molar-refractivity contribution in [1.82, 2.24) is 4.98 Å². The van der Waals surface area contributed by atoms with Crippen LogP contribution in [0.25, 0.3) is 10.8 Å². The number of carboxylic acids is 1. The molecule has 0 spiro atoms. The van der Waals surface area contributed by atoms with E-state index in [9.17, 15) is 9.59 Å². The van der Waals surface area contributed by atoms with E-state index in [-0.39, 0.29) is 18.3 Å². The molecule has 0 aliphatic carbocycles. The highest BCUT2D eigenvalue weighted by molar-refractivity contribution is 8.00. The minimum atomic E-state index is -0.930. The standard InChI is InChI=1S/C20H17ClN2O4S/c1-12(24)23-16-5-6-18(28-11-19(25)26)15(20(16)21)10-27-17-4-2-3-13-9-22-8-7-14(13)17/h2-9H,10-11H2,1H3,(H,23,24)(H,25,26). The zero-order valence-corrected chi connectivity index (χ0v) is 16.5. The molecule has 2 aromatic carbocycles. The van der Waals surface area contributed by atoms with Gasteiger partial charge in [0.15, 0.2) is 0 Å². The van der Waals surface area contributed by atoms with E-state index in [0.29, 0.717) is 26.9 Å². The van der Waals surface area contributed by atoms with Gasteiger partial charge in [0.2, 0.25) is 5.91 Å². The van der Waals surface area contributed by atoms with Crippen LogP contribution in [0.5, 0.6) is 5.75 Å². The van der Waals surface area contributed by atoms with Gasteiger partial charge in [-0.1, -0.05) is 23.7 Å². The van der Waals surface area contributed by atoms with Gasteiger partial charge in [-0.3, -0.25) is 14.6 Å². The van der Waals surface area contributed by atoms with Crippen LogP contribution in [-0.4, -0.2) is 27.7 Å². The number of ether oxygens (including phenoxy) is 1. The second kappa shape index (κ2) is 8.95. The number of thioether (sulfide) groups is 1. The topological polar surface area (TPSA) is 88.5 Å². The fourth-order valence-electron chi connectivity index (χ4n) is 2.67. The van der Waals surface area contributed by atoms with E-state index in [2.05, 4.69) is 10.3 Å². The highest BCUT2D eigenvalue weighted by Gasteiger charge is 2.15. The van der Waals surface area contributed by atoms with Crippen LogP contribution in [-0.2, 0) is 16.2 Å². The maximum Gasteiger partial charge on any atom is 0.313 e. The lowest BCUT2D eigenvalue weighted by molar-refractivity contribution is -0.133. The number of aromatic nitrogens is 1. The lowest BCUT2D eigenvalue weighted by Crippen LogP contribution is -2.09. The highest BCUT2D eigenvalue weighted by atomic mass is 35.5. The van der Waals surface area contributed by atoms with Crippen LogP contribution in [0.3, 0.4) is 0 Å². The number of nitrogens with one attached hydrogen (secondary N) is 1. The molecule has 6 nitrogen and oxygen atoms in total. The summed E-state index contributed by atoms with van der Waals surface area (Å²) in [6, 6.07) is 10.9. The first-order valence-electron chi connectivity index (χ1n) is 8.35. The van der Waals surface area contributed by atoms with Crippen molar-refractivity contribution in [3.63, 3.8) is 0 Å². The Labute approximate surface area is 170 Å². The molecule has 0 aliphatic rings. The van der Waals surface area contributed by atoms with Gasteiger partial charge in [0.05, 0.1) is 16.5 Å². The summed E-state index contributed by atoms with van der Waals surface area (Å²) in [5.41, 5.74) is 1.07. The van der Waals surface area contributed by atoms with Crippen molar-refractivity contribution in [3.05, 3.63) is 59.4 Å². The van der Waals surface area contributed by atoms with Gasteiger partial charge in [-0.05, 0) is 24.3 Å². The fourth-order valence-corrected chi connectivity index (χ4v) is 3.77. The van der Waals surface area contributed by atoms with Gasteiger partial charge in [0, 0.05) is 40.5 Å². The summed E-state index contributed by atoms with van der Waals surface area (Å²) >= 11 is 7.64. The summed E-state index contributed by atoms with van der Waals surface area (Å²) in [4.78, 5) is 27.2. The highest BCUT2D eigenvalue weighted by Crippen LogP contribution is 2.36. The van der Waals surface area contributed by atoms with E-state index >= 15 is 0 Å². The Morgan fingerprint density at radius 2 is 2.07 bits per heavy atom. The number of benzene rings is 2. The predicted molar refractivity (Wildman–Crippen MR) is 110 cm³/mol. The fraction of sp³-hybridized carbons (Fsp3) is 0.150. The van der Waals surface area contributed by atoms with Gasteiger partial charge >= 0.3 is 5.97 Å². The lowest BCUT2D eigenvalue weighted by atomic mass is 10.1. The molecule has 1 heterocycles. The minimum Gasteiger partial charge on any atom is -0.488 e. The Hall–Kier alpha value is -2.77. The van der Waals surface area contributed by atoms with Gasteiger partial charge < -0.3 is 15.2 Å². The molecule has 0 radical (unpaired) electrons. The lowest BCUT2D eigenvalue weighted by Gasteiger charge is -2.16. The molecule has 0 atom stereocenters. The minimum absolute atomic E-state index is 0.108. The smallest absolute Gasteiger partial charge is 0.313 e. The summed E-state index contributed by atoms with van der Waals surface area (Å²) in [7, 11) is 0. The molecule has 0 aliphatic heterocycles. The van der Waals surface area contributed by atoms with Gasteiger partial charge in [-0.25, -0.2) is 0 Å². The van der Waals surface area contributed by atoms with Crippen LogP contribution < -0.4 is 10.1 Å². The molecule has 3 rings (SSSR count). The number of halogens is 1. The first-order chi connectivity index (χ1) is 13.5. The van der Waals surface area contributed by atoms with Gasteiger partial charge in [-0.2, -0.15) is 0 Å². The van der Waals surface area contributed by atoms with Crippen molar-refractivity contribution < 1.29 is 19.4 Å². The zero-order chi connectivity index (χ0) is 20.1. The molecule has 28 heavy (non-hydrogen) atoms. The second-order valence-corrected chi connectivity index (χ2v) is 7.30. The van der Waals surface area contributed by atoms with E-state index in [1.807, 2.05) is 24.3 Å². The maximum atomic E-state index is 11.4. The monoisotopic (exact) mass is 416 g/mol. The Morgan fingerprint density at radius 1 is 1.25 bits per heavy atom. The summed E-state index contributed by atoms with van der Waals surface area (Å²) < 4.78 is 6.01. The number of pyridine rings is 1. The van der Waals surface area contributed by atoms with Crippen LogP contribution in [0, 0.1) is 0 Å². The number of fused-ring (bicyclic) bond motifs is 1. The van der Waals surface area contributed by atoms with Crippen LogP contribution in [0.1, 0.15) is 12.5 Å². The molecule has 3 aromatic rings. The molecule has 0 saturated heterocycles. The normalized spacial score (nSPS) is 10.6. The Balaban J connectivity index is 1.93. The average Bonchev–Trinajstić information content (AvgIpc) is 2.67. The van der Waals surface area contributed by atoms with Crippen LogP contribution in [0.15, 0.2) is 53.7 Å². The molecule has 1 aromatic heterocycles. The molecule has 144 valence electrons. The van der Waals surface area contributed by atoms with Crippen LogP contribution in [0.2, 0.25) is 5.02 Å². The van der Waals surface area contributed by atoms with Crippen LogP contribution >= 0.6 is 23.4 Å². The van der Waals surface area contributed by atoms with E-state index < -0.39 is 5.97 Å². The molecular weight excluding hydrogens is 400 g/mol. The number of nitrogens with zero attached hydrogens (tertiary/aromatic N) is 1. The van der Waals surface area contributed by atoms with E-state index in [1.165, 1.54) is 6.92 Å². The number of carbonyl (C=O) groups excluding carboxylic acids is 1. The number of carboxylic acid groups (broad SMARTS) is 1. The van der Waals surface area contributed by atoms with Crippen molar-refractivity contribution in [3.8, 4) is 5.75 Å². The maximum absolute atomic E-state index is 11.4. The Kier molecular flexibility index (Phi) is 6.38. The van der Waals surface area contributed by atoms with Gasteiger partial charge in [0.25, 0.3) is 0 Å². The van der Waals surface area contributed by atoms with E-state index in [1.54, 1.807) is 24.5 Å². The number of rotatable bonds is 7. The zero-order valence-electron chi connectivity index (χ0n) is 14.9. The van der Waals surface area contributed by atoms with Crippen molar-refractivity contribution >= 4 is 51.7 Å². The molecule has 0 saturated carbocycles. The molecule has 0 bridgehead atoms. The number of carbonyl (C=O) groups is 2. The number of anilines is 1. The molecule has 0 fully saturated rings. The Bertz CT molecular complexity index is 1040. The SMILES string of the molecule is CC(=O)Nc1ccc(SCC(=O)O)c(COc2cccc3cnccc23)c1Cl. The number of aliphatic carboxylic acids is 1. The molecule has 0 unspecified atom stereocenters. The number of hydrogen-bond acceptors (Lipinski definition) is 5. The van der Waals surface area contributed by atoms with Crippen molar-refractivity contribution in [2.75, 3.05) is 11.1 Å². The molecular formula is C20H17ClN2O4S. The first kappa shape index (κ1) is 20.0. The summed E-state index contributed by atoms with van der Waals surface area (Å²) in [6.07, 6.45) is 3.44. The third-order valence-electron chi connectivity index (χ3n) is 3.87. The predicted octanol–water partition coefficient (Wildman–Crippen LogP) is 4.60. The summed E-state index contributed by atoms with van der Waals surface area (Å²) in [6.45, 7) is 1.51. The van der Waals surface area contributed by atoms with Gasteiger partial charge in [-0.15, -0.1) is 11.8 Å². The van der Waals surface area contributed by atoms with E-state index in [0.717, 1.165) is 22.5 Å². The third-order valence-corrected chi connectivity index (χ3v) is 5.39. The molecule has 8 heteroatoms. The molecule has 2 N–H and O–H groups in total. The quantitative estimate of drug-likeness (QED) is 0.547. The first-order valence-corrected chi connectivity index (χ1v) is 9.71. The van der Waals surface area contributed by atoms with Crippen molar-refractivity contribution in [1.29, 1.82) is 0 Å². The van der Waals surface area contributed by atoms with Crippen LogP contribution in [0.4, 0.5) is 5.69 Å². The average molecular weight is 417 g/mol. The van der Waals surface area contributed by atoms with E-state index in [4.69, 9.17) is 21.4 Å². The summed E-state index contributed by atoms with van der Waals surface area (Å²) in [5, 5.41) is 13.8. The largest absolute Gasteiger partial charge is 0.488 e.